The number of esters is 1. The van der Waals surface area contributed by atoms with Crippen LogP contribution in [-0.2, 0) is 11.2 Å². The Morgan fingerprint density at radius 2 is 1.86 bits per heavy atom. The van der Waals surface area contributed by atoms with Crippen LogP contribution in [0.5, 0.6) is 17.2 Å². The van der Waals surface area contributed by atoms with Crippen molar-refractivity contribution in [1.82, 2.24) is 5.43 Å². The molecule has 29 heavy (non-hydrogen) atoms. The van der Waals surface area contributed by atoms with Gasteiger partial charge in [0, 0.05) is 18.2 Å². The van der Waals surface area contributed by atoms with E-state index in [9.17, 15) is 4.79 Å². The summed E-state index contributed by atoms with van der Waals surface area (Å²) >= 11 is 5.34. The molecule has 2 aromatic rings. The van der Waals surface area contributed by atoms with Crippen molar-refractivity contribution in [2.75, 3.05) is 19.5 Å². The molecule has 7 nitrogen and oxygen atoms in total. The molecule has 2 N–H and O–H groups in total. The summed E-state index contributed by atoms with van der Waals surface area (Å²) < 4.78 is 15.8. The predicted molar refractivity (Wildman–Crippen MR) is 118 cm³/mol. The highest BCUT2D eigenvalue weighted by atomic mass is 32.1. The molecule has 8 heteroatoms. The van der Waals surface area contributed by atoms with E-state index in [4.69, 9.17) is 26.4 Å². The maximum Gasteiger partial charge on any atom is 0.308 e. The lowest BCUT2D eigenvalue weighted by Gasteiger charge is -2.14. The fourth-order valence-electron chi connectivity index (χ4n) is 2.73. The minimum atomic E-state index is -0.469. The Hall–Kier alpha value is -3.13. The van der Waals surface area contributed by atoms with Gasteiger partial charge in [0.1, 0.15) is 0 Å². The van der Waals surface area contributed by atoms with Crippen molar-refractivity contribution in [3.8, 4) is 17.2 Å². The second kappa shape index (κ2) is 10.4. The molecule has 2 aromatic carbocycles. The van der Waals surface area contributed by atoms with Gasteiger partial charge in [0.25, 0.3) is 0 Å². The summed E-state index contributed by atoms with van der Waals surface area (Å²) in [5.41, 5.74) is 6.74. The van der Waals surface area contributed by atoms with Crippen molar-refractivity contribution in [3.63, 3.8) is 0 Å². The van der Waals surface area contributed by atoms with Gasteiger partial charge in [0.15, 0.2) is 16.6 Å². The first-order valence-electron chi connectivity index (χ1n) is 9.02. The van der Waals surface area contributed by atoms with Crippen LogP contribution in [0.15, 0.2) is 35.4 Å². The van der Waals surface area contributed by atoms with Crippen molar-refractivity contribution < 1.29 is 19.0 Å². The Labute approximate surface area is 176 Å². The van der Waals surface area contributed by atoms with E-state index >= 15 is 0 Å². The molecular formula is C21H25N3O4S. The lowest BCUT2D eigenvalue weighted by Crippen LogP contribution is -2.25. The van der Waals surface area contributed by atoms with Crippen molar-refractivity contribution in [1.29, 1.82) is 0 Å². The number of carbonyl (C=O) groups excluding carboxylic acids is 1. The summed E-state index contributed by atoms with van der Waals surface area (Å²) in [4.78, 5) is 11.3. The number of hydrogen-bond acceptors (Lipinski definition) is 6. The average Bonchev–Trinajstić information content (AvgIpc) is 2.69. The summed E-state index contributed by atoms with van der Waals surface area (Å²) in [5.74, 6) is 0.462. The van der Waals surface area contributed by atoms with Gasteiger partial charge in [-0.1, -0.05) is 25.1 Å². The van der Waals surface area contributed by atoms with Crippen LogP contribution in [0.1, 0.15) is 30.5 Å². The van der Waals surface area contributed by atoms with Crippen molar-refractivity contribution in [2.45, 2.75) is 27.2 Å². The molecule has 0 amide bonds. The zero-order valence-electron chi connectivity index (χ0n) is 17.2. The molecule has 0 aliphatic carbocycles. The number of ether oxygens (including phenoxy) is 3. The number of thiocarbonyl (C=S) groups is 1. The third kappa shape index (κ3) is 5.92. The first-order valence-corrected chi connectivity index (χ1v) is 9.43. The molecule has 0 radical (unpaired) electrons. The van der Waals surface area contributed by atoms with Crippen LogP contribution in [0.25, 0.3) is 0 Å². The molecule has 2 rings (SSSR count). The van der Waals surface area contributed by atoms with E-state index in [1.54, 1.807) is 18.3 Å². The molecule has 0 saturated heterocycles. The number of nitrogens with zero attached hydrogens (tertiary/aromatic N) is 1. The largest absolute Gasteiger partial charge is 0.493 e. The van der Waals surface area contributed by atoms with Gasteiger partial charge in [0.05, 0.1) is 20.4 Å². The number of nitrogens with one attached hydrogen (secondary N) is 2. The van der Waals surface area contributed by atoms with Crippen LogP contribution < -0.4 is 25.0 Å². The van der Waals surface area contributed by atoms with Crippen LogP contribution in [0, 0.1) is 6.92 Å². The first kappa shape index (κ1) is 22.2. The Morgan fingerprint density at radius 3 is 2.41 bits per heavy atom. The Balaban J connectivity index is 2.14. The molecule has 0 aromatic heterocycles. The highest BCUT2D eigenvalue weighted by molar-refractivity contribution is 7.80. The van der Waals surface area contributed by atoms with Gasteiger partial charge in [-0.15, -0.1) is 0 Å². The number of methoxy groups -OCH3 is 2. The molecule has 154 valence electrons. The molecule has 0 fully saturated rings. The average molecular weight is 416 g/mol. The lowest BCUT2D eigenvalue weighted by atomic mass is 10.1. The van der Waals surface area contributed by atoms with Gasteiger partial charge in [-0.25, -0.2) is 0 Å². The van der Waals surface area contributed by atoms with Crippen LogP contribution in [0.4, 0.5) is 5.69 Å². The predicted octanol–water partition coefficient (Wildman–Crippen LogP) is 3.82. The van der Waals surface area contributed by atoms with Crippen molar-refractivity contribution >= 4 is 35.2 Å². The van der Waals surface area contributed by atoms with E-state index in [2.05, 4.69) is 28.8 Å². The standard InChI is InChI=1S/C21H25N3O4S/c1-6-16-9-7-8-13(2)19(16)23-21(29)24-22-12-15-10-17(26-4)20(28-14(3)25)18(11-15)27-5/h7-12H,6H2,1-5H3,(H2,23,24,29)/b22-12-. The van der Waals surface area contributed by atoms with E-state index in [0.717, 1.165) is 17.7 Å². The van der Waals surface area contributed by atoms with Gasteiger partial charge < -0.3 is 19.5 Å². The minimum Gasteiger partial charge on any atom is -0.493 e. The van der Waals surface area contributed by atoms with Crippen LogP contribution in [0.2, 0.25) is 0 Å². The number of aryl methyl sites for hydroxylation is 2. The quantitative estimate of drug-likeness (QED) is 0.234. The van der Waals surface area contributed by atoms with E-state index in [1.807, 2.05) is 19.1 Å². The molecule has 0 spiro atoms. The molecule has 0 aliphatic heterocycles. The third-order valence-corrected chi connectivity index (χ3v) is 4.28. The Kier molecular flexibility index (Phi) is 7.97. The third-order valence-electron chi connectivity index (χ3n) is 4.09. The van der Waals surface area contributed by atoms with E-state index in [1.165, 1.54) is 26.7 Å². The molecule has 0 unspecified atom stereocenters. The molecule has 0 saturated carbocycles. The van der Waals surface area contributed by atoms with Gasteiger partial charge in [-0.05, 0) is 48.8 Å². The maximum atomic E-state index is 11.3. The van der Waals surface area contributed by atoms with Crippen LogP contribution >= 0.6 is 12.2 Å². The lowest BCUT2D eigenvalue weighted by molar-refractivity contribution is -0.132. The zero-order chi connectivity index (χ0) is 21.4. The number of anilines is 1. The molecule has 0 heterocycles. The maximum absolute atomic E-state index is 11.3. The molecule has 0 atom stereocenters. The highest BCUT2D eigenvalue weighted by Crippen LogP contribution is 2.38. The number of hydrazone groups is 1. The minimum absolute atomic E-state index is 0.219. The highest BCUT2D eigenvalue weighted by Gasteiger charge is 2.15. The van der Waals surface area contributed by atoms with Gasteiger partial charge in [-0.3, -0.25) is 10.2 Å². The molecule has 0 aliphatic rings. The van der Waals surface area contributed by atoms with Crippen molar-refractivity contribution in [3.05, 3.63) is 47.0 Å². The van der Waals surface area contributed by atoms with Gasteiger partial charge in [-0.2, -0.15) is 5.10 Å². The second-order valence-corrected chi connectivity index (χ2v) is 6.54. The summed E-state index contributed by atoms with van der Waals surface area (Å²) in [7, 11) is 2.96. The van der Waals surface area contributed by atoms with Gasteiger partial charge in [0.2, 0.25) is 5.75 Å². The van der Waals surface area contributed by atoms with E-state index in [-0.39, 0.29) is 5.75 Å². The van der Waals surface area contributed by atoms with E-state index in [0.29, 0.717) is 22.2 Å². The Bertz CT molecular complexity index is 903. The number of benzene rings is 2. The topological polar surface area (TPSA) is 81.2 Å². The monoisotopic (exact) mass is 415 g/mol. The molecular weight excluding hydrogens is 390 g/mol. The summed E-state index contributed by atoms with van der Waals surface area (Å²) in [6.45, 7) is 5.43. The SMILES string of the molecule is CCc1cccc(C)c1NC(=S)N/N=C\c1cc(OC)c(OC(C)=O)c(OC)c1. The van der Waals surface area contributed by atoms with Crippen molar-refractivity contribution in [2.24, 2.45) is 5.10 Å². The second-order valence-electron chi connectivity index (χ2n) is 6.13. The number of carbonyl (C=O) groups is 1. The fraction of sp³-hybridized carbons (Fsp3) is 0.286. The van der Waals surface area contributed by atoms with Gasteiger partial charge >= 0.3 is 5.97 Å². The zero-order valence-corrected chi connectivity index (χ0v) is 18.0. The number of para-hydroxylation sites is 1. The summed E-state index contributed by atoms with van der Waals surface area (Å²) in [6.07, 6.45) is 2.46. The molecule has 0 bridgehead atoms. The fourth-order valence-corrected chi connectivity index (χ4v) is 2.88. The van der Waals surface area contributed by atoms with Crippen LogP contribution in [0.3, 0.4) is 0 Å². The summed E-state index contributed by atoms with van der Waals surface area (Å²) in [6, 6.07) is 9.47. The Morgan fingerprint density at radius 1 is 1.21 bits per heavy atom. The summed E-state index contributed by atoms with van der Waals surface area (Å²) in [5, 5.41) is 7.73. The number of hydrogen-bond donors (Lipinski definition) is 2. The normalized spacial score (nSPS) is 10.5. The first-order chi connectivity index (χ1) is 13.9. The smallest absolute Gasteiger partial charge is 0.308 e. The van der Waals surface area contributed by atoms with E-state index < -0.39 is 5.97 Å². The van der Waals surface area contributed by atoms with Crippen LogP contribution in [-0.4, -0.2) is 31.5 Å². The number of rotatable bonds is 7.